The van der Waals surface area contributed by atoms with Gasteiger partial charge in [-0.25, -0.2) is 8.78 Å². The summed E-state index contributed by atoms with van der Waals surface area (Å²) in [5.41, 5.74) is -15.0. The first-order chi connectivity index (χ1) is 31.1. The van der Waals surface area contributed by atoms with Crippen molar-refractivity contribution in [2.45, 2.75) is 113 Å². The molecule has 4 nitrogen and oxygen atoms in total. The minimum Gasteiger partial charge on any atom is -0.407 e. The number of hydrogen-bond acceptors (Lipinski definition) is 4. The number of alkyl halides is 36. The highest BCUT2D eigenvalue weighted by atomic mass is 28.4. The van der Waals surface area contributed by atoms with E-state index < -0.39 is 169 Å². The number of benzene rings is 2. The third-order valence-electron chi connectivity index (χ3n) is 9.55. The van der Waals surface area contributed by atoms with Gasteiger partial charge in [0.15, 0.2) is 0 Å². The lowest BCUT2D eigenvalue weighted by atomic mass is 9.84. The van der Waals surface area contributed by atoms with Gasteiger partial charge in [-0.1, -0.05) is 24.3 Å². The molecule has 0 amide bonds. The van der Waals surface area contributed by atoms with E-state index in [2.05, 4.69) is 10.2 Å². The van der Waals surface area contributed by atoms with Crippen molar-refractivity contribution >= 4 is 19.9 Å². The average Bonchev–Trinajstić information content (AvgIpc) is 3.21. The molecule has 0 aliphatic rings. The van der Waals surface area contributed by atoms with Gasteiger partial charge in [-0.05, 0) is 30.8 Å². The summed E-state index contributed by atoms with van der Waals surface area (Å²) in [7, 11) is -7.09. The predicted octanol–water partition coefficient (Wildman–Crippen LogP) is 14.7. The molecule has 0 atom stereocenters. The second kappa shape index (κ2) is 17.4. The predicted molar refractivity (Wildman–Crippen MR) is 161 cm³/mol. The van der Waals surface area contributed by atoms with E-state index in [-0.39, 0.29) is 24.3 Å². The summed E-state index contributed by atoms with van der Waals surface area (Å²) in [5.74, 6) is -138. The molecule has 0 aliphatic carbocycles. The zero-order valence-corrected chi connectivity index (χ0v) is 33.6. The number of rotatable bonds is 21. The van der Waals surface area contributed by atoms with Crippen LogP contribution in [-0.4, -0.2) is 113 Å². The summed E-state index contributed by atoms with van der Waals surface area (Å²) >= 11 is 0. The summed E-state index contributed by atoms with van der Waals surface area (Å²) in [6, 6.07) is -3.39. The molecule has 2 aromatic carbocycles. The van der Waals surface area contributed by atoms with Gasteiger partial charge in [-0.3, -0.25) is 0 Å². The van der Waals surface area contributed by atoms with Crippen molar-refractivity contribution in [1.29, 1.82) is 0 Å². The van der Waals surface area contributed by atoms with Crippen molar-refractivity contribution in [1.82, 2.24) is 0 Å². The molecular weight excluding hydrogens is 1140 g/mol. The van der Waals surface area contributed by atoms with Crippen molar-refractivity contribution in [3.05, 3.63) is 59.7 Å². The Morgan fingerprint density at radius 3 is 0.722 bits per heavy atom. The molecule has 0 saturated carbocycles. The maximum atomic E-state index is 14.7. The largest absolute Gasteiger partial charge is 0.413 e. The van der Waals surface area contributed by atoms with Crippen LogP contribution in [0.4, 0.5) is 169 Å². The monoisotopic (exact) mass is 1160 g/mol. The van der Waals surface area contributed by atoms with Crippen LogP contribution in [0.25, 0.3) is 0 Å². The van der Waals surface area contributed by atoms with E-state index in [1.54, 1.807) is 0 Å². The second-order valence-electron chi connectivity index (χ2n) is 14.4. The Bertz CT molecular complexity index is 2280. The van der Waals surface area contributed by atoms with Crippen LogP contribution < -0.4 is 0 Å². The van der Waals surface area contributed by atoms with Crippen LogP contribution in [0.2, 0.25) is 6.55 Å². The van der Waals surface area contributed by atoms with Crippen LogP contribution in [0.5, 0.6) is 0 Å². The maximum absolute atomic E-state index is 14.7. The first kappa shape index (κ1) is 63.8. The van der Waals surface area contributed by atoms with Crippen LogP contribution in [0.3, 0.4) is 0 Å². The summed E-state index contributed by atoms with van der Waals surface area (Å²) in [6.07, 6.45) is -6.39. The van der Waals surface area contributed by atoms with E-state index in [1.807, 2.05) is 0 Å². The Kier molecular flexibility index (Phi) is 15.4. The SMILES string of the molecule is C[Si](O)(O)C(F)(F)C(F)(F)C(F)(F)C(F)(F)C(F)(F)C(F)(F)c1ccc(/N=N\c2ccc(C(F)(F)C(F)(F)C(F)(F)C(F)(F)C(F)(F)C(F)(F)C(F)(F)C(F)(F)C(F)(F)C(F)(F)C(F)(F)C(F)F)cc2)cc1. The Morgan fingerprint density at radius 1 is 0.319 bits per heavy atom. The minimum absolute atomic E-state index is 0.120. The molecule has 0 unspecified atom stereocenters. The molecule has 416 valence electrons. The lowest BCUT2D eigenvalue weighted by molar-refractivity contribution is -0.476. The highest BCUT2D eigenvalue weighted by Gasteiger charge is 2.99. The van der Waals surface area contributed by atoms with Gasteiger partial charge >= 0.3 is 115 Å². The van der Waals surface area contributed by atoms with Crippen molar-refractivity contribution in [2.24, 2.45) is 10.2 Å². The van der Waals surface area contributed by atoms with Gasteiger partial charge in [0.25, 0.3) is 0 Å². The molecule has 72 heavy (non-hydrogen) atoms. The molecule has 0 fully saturated rings. The average molecular weight is 1160 g/mol. The van der Waals surface area contributed by atoms with Crippen molar-refractivity contribution in [2.75, 3.05) is 0 Å². The van der Waals surface area contributed by atoms with Crippen LogP contribution in [0, 0.1) is 0 Å². The Morgan fingerprint density at radius 2 is 0.514 bits per heavy atom. The zero-order valence-electron chi connectivity index (χ0n) is 32.6. The standard InChI is InChI=1S/C31H14F36N2O2Si/c1-72(70,71)31(66,67)30(64,65)29(62,63)22(48,49)19(42,43)16(36,37)11-4-8-13(9-5-11)69-68-12-6-2-10(3-7-12)15(34,35)18(40,41)21(46,47)24(52,53)26(56,57)28(60,61)27(58,59)25(54,55)23(50,51)20(44,45)17(38,39)14(32)33/h2-9,14,70-71H,1H3/b69-68-. The van der Waals surface area contributed by atoms with Gasteiger partial charge in [-0.2, -0.15) is 160 Å². The molecule has 2 rings (SSSR count). The van der Waals surface area contributed by atoms with Crippen LogP contribution in [0.1, 0.15) is 11.1 Å². The van der Waals surface area contributed by atoms with Gasteiger partial charge in [0, 0.05) is 11.1 Å². The van der Waals surface area contributed by atoms with E-state index in [0.29, 0.717) is 0 Å². The Balaban J connectivity index is 2.55. The fraction of sp³-hybridized carbons (Fsp3) is 0.613. The third-order valence-corrected chi connectivity index (χ3v) is 11.1. The highest BCUT2D eigenvalue weighted by molar-refractivity contribution is 6.66. The Hall–Kier alpha value is -4.34. The van der Waals surface area contributed by atoms with Gasteiger partial charge in [0.2, 0.25) is 0 Å². The van der Waals surface area contributed by atoms with Crippen LogP contribution in [0.15, 0.2) is 58.8 Å². The molecular formula is C31H14F36N2O2Si. The van der Waals surface area contributed by atoms with Crippen LogP contribution >= 0.6 is 0 Å². The van der Waals surface area contributed by atoms with Gasteiger partial charge in [0.1, 0.15) is 0 Å². The van der Waals surface area contributed by atoms with Gasteiger partial charge < -0.3 is 9.59 Å². The van der Waals surface area contributed by atoms with Crippen molar-refractivity contribution in [3.63, 3.8) is 0 Å². The lowest BCUT2D eigenvalue weighted by Crippen LogP contribution is -2.77. The molecule has 2 aromatic rings. The molecule has 2 N–H and O–H groups in total. The number of halogens is 36. The molecule has 0 radical (unpaired) electrons. The fourth-order valence-electron chi connectivity index (χ4n) is 4.96. The number of hydrogen-bond donors (Lipinski definition) is 2. The van der Waals surface area contributed by atoms with Crippen LogP contribution in [-0.2, 0) is 11.8 Å². The van der Waals surface area contributed by atoms with E-state index >= 15 is 0 Å². The highest BCUT2D eigenvalue weighted by Crippen LogP contribution is 2.68. The molecule has 0 saturated heterocycles. The normalized spacial score (nSPS) is 16.3. The lowest BCUT2D eigenvalue weighted by Gasteiger charge is -2.45. The molecule has 0 heterocycles. The summed E-state index contributed by atoms with van der Waals surface area (Å²) in [4.78, 5) is 17.5. The summed E-state index contributed by atoms with van der Waals surface area (Å²) in [5, 5.41) is 5.77. The number of nitrogens with zero attached hydrogens (tertiary/aromatic N) is 2. The van der Waals surface area contributed by atoms with E-state index in [0.717, 1.165) is 0 Å². The quantitative estimate of drug-likeness (QED) is 0.0743. The summed E-state index contributed by atoms with van der Waals surface area (Å²) < 4.78 is 502. The van der Waals surface area contributed by atoms with Gasteiger partial charge in [0.05, 0.1) is 11.4 Å². The maximum Gasteiger partial charge on any atom is 0.413 e. The second-order valence-corrected chi connectivity index (χ2v) is 17.1. The van der Waals surface area contributed by atoms with E-state index in [9.17, 15) is 158 Å². The van der Waals surface area contributed by atoms with E-state index in [1.165, 1.54) is 0 Å². The topological polar surface area (TPSA) is 65.2 Å². The molecule has 41 heteroatoms. The Labute approximate surface area is 371 Å². The molecule has 0 bridgehead atoms. The first-order valence-corrected chi connectivity index (χ1v) is 19.3. The minimum atomic E-state index is -9.72. The third kappa shape index (κ3) is 8.23. The fourth-order valence-corrected chi connectivity index (χ4v) is 5.71. The molecule has 0 aliphatic heterocycles. The summed E-state index contributed by atoms with van der Waals surface area (Å²) in [6.45, 7) is -0.719. The van der Waals surface area contributed by atoms with Gasteiger partial charge in [-0.15, -0.1) is 0 Å². The van der Waals surface area contributed by atoms with E-state index in [4.69, 9.17) is 9.59 Å². The zero-order chi connectivity index (χ0) is 58.0. The molecule has 0 spiro atoms. The smallest absolute Gasteiger partial charge is 0.407 e. The van der Waals surface area contributed by atoms with Crippen molar-refractivity contribution in [3.8, 4) is 0 Å². The first-order valence-electron chi connectivity index (χ1n) is 16.9. The number of azo groups is 1. The molecule has 0 aromatic heterocycles. The van der Waals surface area contributed by atoms with Crippen molar-refractivity contribution < 1.29 is 168 Å².